The average molecular weight is 294 g/mol. The SMILES string of the molecule is CC(C)CC1CN(CCC2CCCO2)C(C)(C2CC2)CN1. The topological polar surface area (TPSA) is 24.5 Å². The quantitative estimate of drug-likeness (QED) is 0.815. The van der Waals surface area contributed by atoms with E-state index in [9.17, 15) is 0 Å². The Balaban J connectivity index is 1.58. The van der Waals surface area contributed by atoms with Gasteiger partial charge < -0.3 is 10.1 Å². The van der Waals surface area contributed by atoms with E-state index in [1.807, 2.05) is 0 Å². The zero-order valence-electron chi connectivity index (χ0n) is 14.2. The van der Waals surface area contributed by atoms with Crippen LogP contribution in [0.3, 0.4) is 0 Å². The third-order valence-electron chi connectivity index (χ3n) is 5.87. The summed E-state index contributed by atoms with van der Waals surface area (Å²) in [7, 11) is 0. The lowest BCUT2D eigenvalue weighted by atomic mass is 9.87. The summed E-state index contributed by atoms with van der Waals surface area (Å²) < 4.78 is 5.84. The van der Waals surface area contributed by atoms with Gasteiger partial charge in [0, 0.05) is 37.8 Å². The molecule has 3 aliphatic rings. The smallest absolute Gasteiger partial charge is 0.0588 e. The highest BCUT2D eigenvalue weighted by atomic mass is 16.5. The summed E-state index contributed by atoms with van der Waals surface area (Å²) >= 11 is 0. The fourth-order valence-electron chi connectivity index (χ4n) is 4.36. The second-order valence-corrected chi connectivity index (χ2v) is 8.21. The molecule has 0 bridgehead atoms. The van der Waals surface area contributed by atoms with E-state index in [1.165, 1.54) is 58.2 Å². The number of ether oxygens (including phenoxy) is 1. The highest BCUT2D eigenvalue weighted by Crippen LogP contribution is 2.44. The van der Waals surface area contributed by atoms with E-state index in [4.69, 9.17) is 4.74 Å². The van der Waals surface area contributed by atoms with Gasteiger partial charge in [-0.3, -0.25) is 4.90 Å². The zero-order chi connectivity index (χ0) is 14.9. The number of hydrogen-bond acceptors (Lipinski definition) is 3. The molecule has 3 fully saturated rings. The lowest BCUT2D eigenvalue weighted by molar-refractivity contribution is 0.0137. The molecule has 3 unspecified atom stereocenters. The van der Waals surface area contributed by atoms with E-state index >= 15 is 0 Å². The number of hydrogen-bond donors (Lipinski definition) is 1. The van der Waals surface area contributed by atoms with Crippen LogP contribution in [-0.2, 0) is 4.74 Å². The molecular formula is C18H34N2O. The molecular weight excluding hydrogens is 260 g/mol. The van der Waals surface area contributed by atoms with Crippen molar-refractivity contribution < 1.29 is 4.74 Å². The van der Waals surface area contributed by atoms with Crippen LogP contribution >= 0.6 is 0 Å². The Morgan fingerprint density at radius 1 is 1.29 bits per heavy atom. The first-order valence-corrected chi connectivity index (χ1v) is 9.18. The molecule has 2 saturated heterocycles. The highest BCUT2D eigenvalue weighted by Gasteiger charge is 2.48. The van der Waals surface area contributed by atoms with Gasteiger partial charge in [0.05, 0.1) is 6.10 Å². The van der Waals surface area contributed by atoms with Gasteiger partial charge in [-0.15, -0.1) is 0 Å². The van der Waals surface area contributed by atoms with E-state index in [0.717, 1.165) is 18.4 Å². The Morgan fingerprint density at radius 2 is 2.10 bits per heavy atom. The summed E-state index contributed by atoms with van der Waals surface area (Å²) in [6.45, 7) is 11.8. The lowest BCUT2D eigenvalue weighted by Gasteiger charge is -2.49. The standard InChI is InChI=1S/C18H34N2O/c1-14(2)11-16-12-20(9-8-17-5-4-10-21-17)18(3,13-19-16)15-6-7-15/h14-17,19H,4-13H2,1-3H3. The highest BCUT2D eigenvalue weighted by molar-refractivity contribution is 5.05. The summed E-state index contributed by atoms with van der Waals surface area (Å²) in [5.74, 6) is 1.71. The third kappa shape index (κ3) is 3.80. The van der Waals surface area contributed by atoms with E-state index in [-0.39, 0.29) is 0 Å². The van der Waals surface area contributed by atoms with Crippen molar-refractivity contribution in [3.8, 4) is 0 Å². The van der Waals surface area contributed by atoms with Gasteiger partial charge >= 0.3 is 0 Å². The second kappa shape index (κ2) is 6.55. The molecule has 1 saturated carbocycles. The van der Waals surface area contributed by atoms with E-state index < -0.39 is 0 Å². The van der Waals surface area contributed by atoms with Gasteiger partial charge in [0.15, 0.2) is 0 Å². The number of nitrogens with zero attached hydrogens (tertiary/aromatic N) is 1. The van der Waals surface area contributed by atoms with Crippen molar-refractivity contribution in [2.24, 2.45) is 11.8 Å². The maximum absolute atomic E-state index is 5.84. The van der Waals surface area contributed by atoms with Crippen LogP contribution in [0.5, 0.6) is 0 Å². The van der Waals surface area contributed by atoms with Crippen molar-refractivity contribution in [1.29, 1.82) is 0 Å². The molecule has 1 N–H and O–H groups in total. The molecule has 0 aromatic rings. The third-order valence-corrected chi connectivity index (χ3v) is 5.87. The van der Waals surface area contributed by atoms with Crippen molar-refractivity contribution in [2.75, 3.05) is 26.2 Å². The van der Waals surface area contributed by atoms with Gasteiger partial charge in [-0.25, -0.2) is 0 Å². The van der Waals surface area contributed by atoms with Crippen molar-refractivity contribution >= 4 is 0 Å². The summed E-state index contributed by atoms with van der Waals surface area (Å²) in [5.41, 5.74) is 0.395. The first kappa shape index (κ1) is 15.8. The summed E-state index contributed by atoms with van der Waals surface area (Å²) in [4.78, 5) is 2.82. The second-order valence-electron chi connectivity index (χ2n) is 8.21. The predicted octanol–water partition coefficient (Wildman–Crippen LogP) is 3.04. The van der Waals surface area contributed by atoms with E-state index in [1.54, 1.807) is 0 Å². The maximum atomic E-state index is 5.84. The fraction of sp³-hybridized carbons (Fsp3) is 1.00. The van der Waals surface area contributed by atoms with Crippen LogP contribution < -0.4 is 5.32 Å². The molecule has 3 rings (SSSR count). The molecule has 0 amide bonds. The Morgan fingerprint density at radius 3 is 2.71 bits per heavy atom. The molecule has 2 aliphatic heterocycles. The van der Waals surface area contributed by atoms with E-state index in [0.29, 0.717) is 17.7 Å². The maximum Gasteiger partial charge on any atom is 0.0588 e. The summed E-state index contributed by atoms with van der Waals surface area (Å²) in [5, 5.41) is 3.85. The average Bonchev–Trinajstić information content (AvgIpc) is 3.17. The van der Waals surface area contributed by atoms with Gasteiger partial charge in [-0.1, -0.05) is 13.8 Å². The Kier molecular flexibility index (Phi) is 4.92. The van der Waals surface area contributed by atoms with Crippen molar-refractivity contribution in [3.05, 3.63) is 0 Å². The van der Waals surface area contributed by atoms with Crippen LogP contribution in [0.4, 0.5) is 0 Å². The molecule has 21 heavy (non-hydrogen) atoms. The molecule has 122 valence electrons. The molecule has 3 heteroatoms. The van der Waals surface area contributed by atoms with Crippen LogP contribution in [-0.4, -0.2) is 48.8 Å². The molecule has 0 radical (unpaired) electrons. The first-order chi connectivity index (χ1) is 10.1. The van der Waals surface area contributed by atoms with Crippen molar-refractivity contribution in [1.82, 2.24) is 10.2 Å². The predicted molar refractivity (Wildman–Crippen MR) is 87.5 cm³/mol. The van der Waals surface area contributed by atoms with Crippen LogP contribution in [0.2, 0.25) is 0 Å². The number of rotatable bonds is 6. The normalized spacial score (nSPS) is 38.3. The Hall–Kier alpha value is -0.120. The van der Waals surface area contributed by atoms with Gasteiger partial charge in [0.2, 0.25) is 0 Å². The minimum atomic E-state index is 0.395. The van der Waals surface area contributed by atoms with Gasteiger partial charge in [-0.2, -0.15) is 0 Å². The lowest BCUT2D eigenvalue weighted by Crippen LogP contribution is -2.64. The number of nitrogens with one attached hydrogen (secondary N) is 1. The monoisotopic (exact) mass is 294 g/mol. The molecule has 0 spiro atoms. The Bertz CT molecular complexity index is 336. The molecule has 3 nitrogen and oxygen atoms in total. The minimum absolute atomic E-state index is 0.395. The summed E-state index contributed by atoms with van der Waals surface area (Å²) in [6.07, 6.45) is 8.48. The van der Waals surface area contributed by atoms with Crippen molar-refractivity contribution in [2.45, 2.75) is 77.0 Å². The molecule has 1 aliphatic carbocycles. The van der Waals surface area contributed by atoms with Gasteiger partial charge in [0.1, 0.15) is 0 Å². The van der Waals surface area contributed by atoms with Gasteiger partial charge in [0.25, 0.3) is 0 Å². The fourth-order valence-corrected chi connectivity index (χ4v) is 4.36. The van der Waals surface area contributed by atoms with E-state index in [2.05, 4.69) is 31.0 Å². The molecule has 2 heterocycles. The molecule has 0 aromatic carbocycles. The summed E-state index contributed by atoms with van der Waals surface area (Å²) in [6, 6.07) is 0.682. The number of piperazine rings is 1. The Labute approximate surface area is 130 Å². The zero-order valence-corrected chi connectivity index (χ0v) is 14.2. The van der Waals surface area contributed by atoms with Crippen molar-refractivity contribution in [3.63, 3.8) is 0 Å². The van der Waals surface area contributed by atoms with Crippen LogP contribution in [0.15, 0.2) is 0 Å². The van der Waals surface area contributed by atoms with Crippen LogP contribution in [0, 0.1) is 11.8 Å². The largest absolute Gasteiger partial charge is 0.378 e. The minimum Gasteiger partial charge on any atom is -0.378 e. The van der Waals surface area contributed by atoms with Gasteiger partial charge in [-0.05, 0) is 57.3 Å². The van der Waals surface area contributed by atoms with Crippen LogP contribution in [0.1, 0.15) is 59.3 Å². The molecule has 3 atom stereocenters. The molecule has 0 aromatic heterocycles. The first-order valence-electron chi connectivity index (χ1n) is 9.18. The van der Waals surface area contributed by atoms with Crippen LogP contribution in [0.25, 0.3) is 0 Å².